The minimum absolute atomic E-state index is 0.104. The number of carbonyl (C=O) groups excluding carboxylic acids is 1. The van der Waals surface area contributed by atoms with E-state index in [2.05, 4.69) is 15.5 Å². The number of hydrogen-bond acceptors (Lipinski definition) is 5. The van der Waals surface area contributed by atoms with Gasteiger partial charge in [-0.1, -0.05) is 41.6 Å². The molecule has 2 N–H and O–H groups in total. The number of aliphatic hydroxyl groups is 1. The van der Waals surface area contributed by atoms with Crippen LogP contribution in [0.2, 0.25) is 0 Å². The van der Waals surface area contributed by atoms with E-state index in [9.17, 15) is 9.90 Å². The lowest BCUT2D eigenvalue weighted by Gasteiger charge is -2.37. The van der Waals surface area contributed by atoms with E-state index in [-0.39, 0.29) is 29.7 Å². The Bertz CT molecular complexity index is 889. The molecule has 1 saturated carbocycles. The van der Waals surface area contributed by atoms with Gasteiger partial charge in [-0.05, 0) is 30.9 Å². The molecule has 1 aliphatic rings. The molecule has 6 heteroatoms. The van der Waals surface area contributed by atoms with Crippen LogP contribution in [-0.2, 0) is 6.42 Å². The van der Waals surface area contributed by atoms with Crippen molar-refractivity contribution in [3.63, 3.8) is 0 Å². The van der Waals surface area contributed by atoms with Crippen molar-refractivity contribution in [3.05, 3.63) is 72.2 Å². The quantitative estimate of drug-likeness (QED) is 0.703. The van der Waals surface area contributed by atoms with Crippen LogP contribution in [0.25, 0.3) is 11.3 Å². The topological polar surface area (TPSA) is 88.2 Å². The number of hydrogen-bond donors (Lipinski definition) is 2. The van der Waals surface area contributed by atoms with Crippen molar-refractivity contribution in [2.24, 2.45) is 5.92 Å². The molecule has 2 heterocycles. The largest absolute Gasteiger partial charge is 0.393 e. The predicted octanol–water partition coefficient (Wildman–Crippen LogP) is 2.85. The summed E-state index contributed by atoms with van der Waals surface area (Å²) >= 11 is 0. The fourth-order valence-electron chi connectivity index (χ4n) is 3.40. The summed E-state index contributed by atoms with van der Waals surface area (Å²) in [6.45, 7) is 0. The Morgan fingerprint density at radius 3 is 2.67 bits per heavy atom. The summed E-state index contributed by atoms with van der Waals surface area (Å²) in [6, 6.07) is 16.8. The number of pyridine rings is 1. The number of aromatic nitrogens is 2. The molecular formula is C21H21N3O3. The van der Waals surface area contributed by atoms with Crippen LogP contribution in [-0.4, -0.2) is 33.3 Å². The Kier molecular flexibility index (Phi) is 4.98. The Morgan fingerprint density at radius 2 is 1.96 bits per heavy atom. The smallest absolute Gasteiger partial charge is 0.273 e. The minimum Gasteiger partial charge on any atom is -0.393 e. The highest BCUT2D eigenvalue weighted by Gasteiger charge is 2.35. The number of amides is 1. The first-order valence-electron chi connectivity index (χ1n) is 9.10. The van der Waals surface area contributed by atoms with E-state index in [0.717, 1.165) is 11.3 Å². The molecule has 138 valence electrons. The van der Waals surface area contributed by atoms with Crippen LogP contribution in [0.5, 0.6) is 0 Å². The molecule has 0 bridgehead atoms. The second kappa shape index (κ2) is 7.72. The SMILES string of the molecule is O=C(N[C@H](Cc1ccccn1)C1CC(O)C1)c1cc(-c2ccccc2)on1. The van der Waals surface area contributed by atoms with Gasteiger partial charge in [-0.25, -0.2) is 0 Å². The van der Waals surface area contributed by atoms with Gasteiger partial charge in [-0.15, -0.1) is 0 Å². The van der Waals surface area contributed by atoms with Gasteiger partial charge >= 0.3 is 0 Å². The maximum absolute atomic E-state index is 12.7. The van der Waals surface area contributed by atoms with Crippen molar-refractivity contribution < 1.29 is 14.4 Å². The van der Waals surface area contributed by atoms with Crippen LogP contribution < -0.4 is 5.32 Å². The van der Waals surface area contributed by atoms with Gasteiger partial charge in [0.25, 0.3) is 5.91 Å². The zero-order valence-corrected chi connectivity index (χ0v) is 14.8. The summed E-state index contributed by atoms with van der Waals surface area (Å²) in [6.07, 6.45) is 3.45. The lowest BCUT2D eigenvalue weighted by molar-refractivity contribution is 0.0237. The molecule has 0 radical (unpaired) electrons. The highest BCUT2D eigenvalue weighted by molar-refractivity contribution is 5.93. The lowest BCUT2D eigenvalue weighted by atomic mass is 9.76. The molecule has 0 unspecified atom stereocenters. The minimum atomic E-state index is -0.283. The first-order valence-corrected chi connectivity index (χ1v) is 9.10. The molecule has 1 amide bonds. The van der Waals surface area contributed by atoms with Crippen LogP contribution >= 0.6 is 0 Å². The number of nitrogens with one attached hydrogen (secondary N) is 1. The summed E-state index contributed by atoms with van der Waals surface area (Å²) in [5.41, 5.74) is 2.03. The van der Waals surface area contributed by atoms with E-state index >= 15 is 0 Å². The van der Waals surface area contributed by atoms with Gasteiger partial charge in [0.15, 0.2) is 11.5 Å². The second-order valence-corrected chi connectivity index (χ2v) is 6.93. The standard InChI is InChI=1S/C21H21N3O3/c25-17-10-15(11-17)18(12-16-8-4-5-9-22-16)23-21(26)19-13-20(27-24-19)14-6-2-1-3-7-14/h1-9,13,15,17-18,25H,10-12H2,(H,23,26)/t15?,17?,18-/m1/s1. The monoisotopic (exact) mass is 363 g/mol. The van der Waals surface area contributed by atoms with Gasteiger partial charge in [0, 0.05) is 36.0 Å². The number of rotatable bonds is 6. The highest BCUT2D eigenvalue weighted by atomic mass is 16.5. The van der Waals surface area contributed by atoms with Crippen molar-refractivity contribution in [1.82, 2.24) is 15.5 Å². The molecule has 27 heavy (non-hydrogen) atoms. The van der Waals surface area contributed by atoms with Crippen molar-refractivity contribution in [3.8, 4) is 11.3 Å². The second-order valence-electron chi connectivity index (χ2n) is 6.93. The number of nitrogens with zero attached hydrogens (tertiary/aromatic N) is 2. The predicted molar refractivity (Wildman–Crippen MR) is 99.9 cm³/mol. The molecule has 6 nitrogen and oxygen atoms in total. The average Bonchev–Trinajstić information content (AvgIpc) is 3.17. The van der Waals surface area contributed by atoms with Gasteiger partial charge in [-0.3, -0.25) is 9.78 Å². The lowest BCUT2D eigenvalue weighted by Crippen LogP contribution is -2.48. The molecule has 1 fully saturated rings. The third-order valence-corrected chi connectivity index (χ3v) is 4.99. The molecule has 1 atom stereocenters. The fraction of sp³-hybridized carbons (Fsp3) is 0.286. The van der Waals surface area contributed by atoms with Crippen LogP contribution in [0, 0.1) is 5.92 Å². The van der Waals surface area contributed by atoms with Gasteiger partial charge < -0.3 is 14.9 Å². The van der Waals surface area contributed by atoms with Crippen LogP contribution in [0.15, 0.2) is 65.3 Å². The van der Waals surface area contributed by atoms with Crippen molar-refractivity contribution >= 4 is 5.91 Å². The maximum atomic E-state index is 12.7. The van der Waals surface area contributed by atoms with Gasteiger partial charge in [0.05, 0.1) is 6.10 Å². The van der Waals surface area contributed by atoms with Gasteiger partial charge in [-0.2, -0.15) is 0 Å². The van der Waals surface area contributed by atoms with Crippen LogP contribution in [0.4, 0.5) is 0 Å². The van der Waals surface area contributed by atoms with E-state index in [1.165, 1.54) is 0 Å². The van der Waals surface area contributed by atoms with E-state index in [1.54, 1.807) is 12.3 Å². The number of aliphatic hydroxyl groups excluding tert-OH is 1. The Hall–Kier alpha value is -2.99. The van der Waals surface area contributed by atoms with Gasteiger partial charge in [0.2, 0.25) is 0 Å². The molecule has 1 aromatic carbocycles. The maximum Gasteiger partial charge on any atom is 0.273 e. The Labute approximate surface area is 157 Å². The molecule has 1 aliphatic carbocycles. The molecular weight excluding hydrogens is 342 g/mol. The van der Waals surface area contributed by atoms with Crippen LogP contribution in [0.1, 0.15) is 29.0 Å². The van der Waals surface area contributed by atoms with E-state index in [4.69, 9.17) is 4.52 Å². The summed E-state index contributed by atoms with van der Waals surface area (Å²) in [5.74, 6) is 0.510. The highest BCUT2D eigenvalue weighted by Crippen LogP contribution is 2.31. The third-order valence-electron chi connectivity index (χ3n) is 4.99. The summed E-state index contributed by atoms with van der Waals surface area (Å²) in [7, 11) is 0. The van der Waals surface area contributed by atoms with Crippen molar-refractivity contribution in [1.29, 1.82) is 0 Å². The molecule has 0 spiro atoms. The number of carbonyl (C=O) groups is 1. The van der Waals surface area contributed by atoms with E-state index in [0.29, 0.717) is 25.0 Å². The summed E-state index contributed by atoms with van der Waals surface area (Å²) in [5, 5.41) is 16.6. The van der Waals surface area contributed by atoms with Crippen LogP contribution in [0.3, 0.4) is 0 Å². The average molecular weight is 363 g/mol. The Morgan fingerprint density at radius 1 is 1.19 bits per heavy atom. The van der Waals surface area contributed by atoms with Gasteiger partial charge in [0.1, 0.15) is 0 Å². The zero-order chi connectivity index (χ0) is 18.6. The first kappa shape index (κ1) is 17.4. The van der Waals surface area contributed by atoms with Crippen molar-refractivity contribution in [2.75, 3.05) is 0 Å². The summed E-state index contributed by atoms with van der Waals surface area (Å²) in [4.78, 5) is 17.1. The molecule has 4 rings (SSSR count). The zero-order valence-electron chi connectivity index (χ0n) is 14.8. The van der Waals surface area contributed by atoms with E-state index in [1.807, 2.05) is 48.5 Å². The first-order chi connectivity index (χ1) is 13.2. The summed E-state index contributed by atoms with van der Waals surface area (Å²) < 4.78 is 5.33. The third kappa shape index (κ3) is 4.06. The normalized spacial score (nSPS) is 19.9. The fourth-order valence-corrected chi connectivity index (χ4v) is 3.40. The number of benzene rings is 1. The molecule has 3 aromatic rings. The van der Waals surface area contributed by atoms with Crippen molar-refractivity contribution in [2.45, 2.75) is 31.4 Å². The molecule has 2 aromatic heterocycles. The Balaban J connectivity index is 1.47. The molecule has 0 aliphatic heterocycles. The van der Waals surface area contributed by atoms with E-state index < -0.39 is 0 Å². The molecule has 0 saturated heterocycles.